The number of esters is 2. The lowest BCUT2D eigenvalue weighted by Crippen LogP contribution is -2.55. The van der Waals surface area contributed by atoms with Crippen LogP contribution in [0.5, 0.6) is 0 Å². The number of nitrogens with two attached hydrogens (primary N) is 1. The molecule has 0 bridgehead atoms. The number of allylic oxidation sites excluding steroid dienone is 1. The lowest BCUT2D eigenvalue weighted by atomic mass is 9.77. The minimum Gasteiger partial charge on any atom is -0.459 e. The van der Waals surface area contributed by atoms with Gasteiger partial charge in [0.1, 0.15) is 24.0 Å². The van der Waals surface area contributed by atoms with Crippen molar-refractivity contribution in [2.75, 3.05) is 13.1 Å². The Morgan fingerprint density at radius 1 is 0.891 bits per heavy atom. The Morgan fingerprint density at radius 2 is 1.52 bits per heavy atom. The SMILES string of the molecule is CC1=C(C(=O)OC2CCCCC2)C(c2cccc([N+](=O)[O-])c2)C(C(=O)OC2CN(C(c3ccccc3)c3ccccc3)C2)C(N)=N1. The molecule has 10 nitrogen and oxygen atoms in total. The number of nitro groups is 1. The number of ether oxygens (including phenoxy) is 2. The zero-order valence-corrected chi connectivity index (χ0v) is 25.8. The minimum absolute atomic E-state index is 0.00384. The molecule has 3 aliphatic rings. The van der Waals surface area contributed by atoms with Gasteiger partial charge in [0.25, 0.3) is 5.69 Å². The number of nitrogens with zero attached hydrogens (tertiary/aromatic N) is 3. The second kappa shape index (κ2) is 13.7. The molecule has 1 aliphatic carbocycles. The molecule has 1 saturated carbocycles. The van der Waals surface area contributed by atoms with Crippen LogP contribution >= 0.6 is 0 Å². The summed E-state index contributed by atoms with van der Waals surface area (Å²) in [7, 11) is 0. The van der Waals surface area contributed by atoms with Crippen molar-refractivity contribution in [2.45, 2.75) is 63.2 Å². The van der Waals surface area contributed by atoms with Gasteiger partial charge < -0.3 is 15.2 Å². The molecule has 2 heterocycles. The molecule has 0 radical (unpaired) electrons. The molecule has 3 aromatic rings. The molecule has 2 aliphatic heterocycles. The maximum Gasteiger partial charge on any atom is 0.336 e. The number of hydrogen-bond donors (Lipinski definition) is 1. The van der Waals surface area contributed by atoms with Crippen LogP contribution in [0.4, 0.5) is 5.69 Å². The molecule has 0 amide bonds. The van der Waals surface area contributed by atoms with E-state index in [0.717, 1.165) is 43.2 Å². The number of likely N-dealkylation sites (tertiary alicyclic amines) is 1. The van der Waals surface area contributed by atoms with Gasteiger partial charge in [0, 0.05) is 31.1 Å². The van der Waals surface area contributed by atoms with Crippen molar-refractivity contribution >= 4 is 23.5 Å². The average Bonchev–Trinajstić information content (AvgIpc) is 3.04. The lowest BCUT2D eigenvalue weighted by Gasteiger charge is -2.44. The second-order valence-corrected chi connectivity index (χ2v) is 12.2. The monoisotopic (exact) mass is 622 g/mol. The van der Waals surface area contributed by atoms with E-state index in [4.69, 9.17) is 15.2 Å². The largest absolute Gasteiger partial charge is 0.459 e. The van der Waals surface area contributed by atoms with Gasteiger partial charge in [0.2, 0.25) is 0 Å². The van der Waals surface area contributed by atoms with Gasteiger partial charge in [-0.3, -0.25) is 19.8 Å². The maximum absolute atomic E-state index is 14.0. The maximum atomic E-state index is 14.0. The summed E-state index contributed by atoms with van der Waals surface area (Å²) in [5.41, 5.74) is 9.42. The lowest BCUT2D eigenvalue weighted by molar-refractivity contribution is -0.384. The Balaban J connectivity index is 1.25. The topological polar surface area (TPSA) is 137 Å². The van der Waals surface area contributed by atoms with Gasteiger partial charge in [-0.1, -0.05) is 79.2 Å². The van der Waals surface area contributed by atoms with E-state index < -0.39 is 34.8 Å². The molecular weight excluding hydrogens is 584 g/mol. The molecule has 46 heavy (non-hydrogen) atoms. The summed E-state index contributed by atoms with van der Waals surface area (Å²) in [5.74, 6) is -3.34. The smallest absolute Gasteiger partial charge is 0.336 e. The predicted octanol–water partition coefficient (Wildman–Crippen LogP) is 5.83. The molecule has 2 fully saturated rings. The van der Waals surface area contributed by atoms with E-state index in [1.54, 1.807) is 13.0 Å². The third kappa shape index (κ3) is 6.57. The van der Waals surface area contributed by atoms with Crippen LogP contribution in [-0.4, -0.2) is 52.9 Å². The van der Waals surface area contributed by atoms with Crippen LogP contribution in [0, 0.1) is 16.0 Å². The number of amidine groups is 1. The van der Waals surface area contributed by atoms with Crippen molar-refractivity contribution in [1.29, 1.82) is 0 Å². The predicted molar refractivity (Wildman–Crippen MR) is 173 cm³/mol. The van der Waals surface area contributed by atoms with Gasteiger partial charge >= 0.3 is 11.9 Å². The number of hydrogen-bond acceptors (Lipinski definition) is 9. The van der Waals surface area contributed by atoms with Gasteiger partial charge in [-0.2, -0.15) is 0 Å². The van der Waals surface area contributed by atoms with Crippen molar-refractivity contribution in [2.24, 2.45) is 16.6 Å². The highest BCUT2D eigenvalue weighted by atomic mass is 16.6. The van der Waals surface area contributed by atoms with Gasteiger partial charge in [-0.15, -0.1) is 0 Å². The van der Waals surface area contributed by atoms with Crippen molar-refractivity contribution in [1.82, 2.24) is 4.90 Å². The Bertz CT molecular complexity index is 1610. The van der Waals surface area contributed by atoms with Gasteiger partial charge in [-0.25, -0.2) is 9.79 Å². The van der Waals surface area contributed by atoms with Crippen molar-refractivity contribution in [3.63, 3.8) is 0 Å². The number of aliphatic imine (C=N–C) groups is 1. The fourth-order valence-corrected chi connectivity index (χ4v) is 6.88. The highest BCUT2D eigenvalue weighted by molar-refractivity contribution is 6.06. The fraction of sp³-hybridized carbons (Fsp3) is 0.361. The molecule has 0 aromatic heterocycles. The molecule has 238 valence electrons. The van der Waals surface area contributed by atoms with Crippen LogP contribution in [0.1, 0.15) is 67.7 Å². The molecule has 1 saturated heterocycles. The van der Waals surface area contributed by atoms with Crippen molar-refractivity contribution in [3.05, 3.63) is 123 Å². The Labute approximate surface area is 268 Å². The van der Waals surface area contributed by atoms with E-state index >= 15 is 0 Å². The summed E-state index contributed by atoms with van der Waals surface area (Å²) in [6.45, 7) is 2.64. The molecule has 2 atom stereocenters. The highest BCUT2D eigenvalue weighted by Crippen LogP contribution is 2.41. The van der Waals surface area contributed by atoms with Crippen molar-refractivity contribution < 1.29 is 24.0 Å². The standard InChI is InChI=1S/C36H38N4O6/c1-23-30(35(41)45-28-18-9-4-10-19-28)31(26-16-11-17-27(20-26)40(43)44)32(34(37)38-23)36(42)46-29-21-39(22-29)33(24-12-5-2-6-13-24)25-14-7-3-8-15-25/h2-3,5-8,11-17,20,28-29,31-33H,4,9-10,18-19,21-22H2,1H3,(H2,37,38). The van der Waals surface area contributed by atoms with Crippen molar-refractivity contribution in [3.8, 4) is 0 Å². The van der Waals surface area contributed by atoms with E-state index in [-0.39, 0.29) is 29.2 Å². The summed E-state index contributed by atoms with van der Waals surface area (Å²) in [4.78, 5) is 45.6. The Morgan fingerprint density at radius 3 is 2.13 bits per heavy atom. The summed E-state index contributed by atoms with van der Waals surface area (Å²) in [6, 6.07) is 26.3. The minimum atomic E-state index is -1.16. The van der Waals surface area contributed by atoms with E-state index in [1.807, 2.05) is 36.4 Å². The molecular formula is C36H38N4O6. The third-order valence-electron chi connectivity index (χ3n) is 9.14. The number of nitro benzene ring substituents is 1. The summed E-state index contributed by atoms with van der Waals surface area (Å²) < 4.78 is 12.0. The first-order chi connectivity index (χ1) is 22.3. The zero-order valence-electron chi connectivity index (χ0n) is 25.8. The van der Waals surface area contributed by atoms with Crippen LogP contribution in [0.25, 0.3) is 0 Å². The van der Waals surface area contributed by atoms with E-state index in [0.29, 0.717) is 24.4 Å². The van der Waals surface area contributed by atoms with E-state index in [2.05, 4.69) is 34.2 Å². The van der Waals surface area contributed by atoms with Crippen LogP contribution < -0.4 is 5.73 Å². The van der Waals surface area contributed by atoms with Gasteiger partial charge in [0.05, 0.1) is 22.2 Å². The van der Waals surface area contributed by atoms with E-state index in [9.17, 15) is 19.7 Å². The van der Waals surface area contributed by atoms with Gasteiger partial charge in [0.15, 0.2) is 0 Å². The number of rotatable bonds is 9. The summed E-state index contributed by atoms with van der Waals surface area (Å²) in [5, 5.41) is 11.7. The first kappa shape index (κ1) is 31.2. The van der Waals surface area contributed by atoms with Crippen LogP contribution in [-0.2, 0) is 19.1 Å². The first-order valence-corrected chi connectivity index (χ1v) is 15.8. The van der Waals surface area contributed by atoms with Crippen LogP contribution in [0.15, 0.2) is 101 Å². The highest BCUT2D eigenvalue weighted by Gasteiger charge is 2.46. The molecule has 2 N–H and O–H groups in total. The molecule has 6 rings (SSSR count). The number of non-ortho nitro benzene ring substituents is 1. The molecule has 2 unspecified atom stereocenters. The Kier molecular flexibility index (Phi) is 9.25. The molecule has 10 heteroatoms. The second-order valence-electron chi connectivity index (χ2n) is 12.2. The molecule has 3 aromatic carbocycles. The fourth-order valence-electron chi connectivity index (χ4n) is 6.88. The van der Waals surface area contributed by atoms with E-state index in [1.165, 1.54) is 18.2 Å². The summed E-state index contributed by atoms with van der Waals surface area (Å²) in [6.07, 6.45) is 3.92. The van der Waals surface area contributed by atoms with Crippen LogP contribution in [0.2, 0.25) is 0 Å². The van der Waals surface area contributed by atoms with Crippen LogP contribution in [0.3, 0.4) is 0 Å². The third-order valence-corrected chi connectivity index (χ3v) is 9.14. The average molecular weight is 623 g/mol. The zero-order chi connectivity index (χ0) is 32.2. The number of benzene rings is 3. The summed E-state index contributed by atoms with van der Waals surface area (Å²) >= 11 is 0. The first-order valence-electron chi connectivity index (χ1n) is 15.8. The van der Waals surface area contributed by atoms with Gasteiger partial charge in [-0.05, 0) is 49.3 Å². The Hall–Kier alpha value is -4.83. The number of carbonyl (C=O) groups excluding carboxylic acids is 2. The quantitative estimate of drug-likeness (QED) is 0.179. The molecule has 0 spiro atoms. The normalized spacial score (nSPS) is 21.0. The number of carbonyl (C=O) groups is 2.